The van der Waals surface area contributed by atoms with Crippen molar-refractivity contribution in [3.05, 3.63) is 107 Å². The van der Waals surface area contributed by atoms with E-state index in [0.717, 1.165) is 5.70 Å². The van der Waals surface area contributed by atoms with Gasteiger partial charge in [-0.15, -0.1) is 0 Å². The summed E-state index contributed by atoms with van der Waals surface area (Å²) >= 11 is 0. The molecule has 2 heteroatoms. The van der Waals surface area contributed by atoms with Crippen LogP contribution in [0.15, 0.2) is 84.9 Å². The molecule has 0 aromatic heterocycles. The van der Waals surface area contributed by atoms with E-state index in [0.29, 0.717) is 11.8 Å². The topological polar surface area (TPSA) is 15.3 Å². The fourth-order valence-electron chi connectivity index (χ4n) is 3.82. The number of hydrogen-bond donors (Lipinski definition) is 1. The molecule has 1 aliphatic heterocycles. The van der Waals surface area contributed by atoms with Crippen molar-refractivity contribution >= 4 is 11.4 Å². The van der Waals surface area contributed by atoms with E-state index in [1.807, 2.05) is 0 Å². The van der Waals surface area contributed by atoms with Crippen LogP contribution in [0.5, 0.6) is 0 Å². The summed E-state index contributed by atoms with van der Waals surface area (Å²) in [5, 5.41) is 2.27. The summed E-state index contributed by atoms with van der Waals surface area (Å²) in [5.41, 5.74) is 11.2. The second-order valence-electron chi connectivity index (χ2n) is 8.44. The lowest BCUT2D eigenvalue weighted by Crippen LogP contribution is -2.34. The van der Waals surface area contributed by atoms with Crippen LogP contribution in [0.1, 0.15) is 67.8 Å². The van der Waals surface area contributed by atoms with Gasteiger partial charge in [-0.2, -0.15) is 0 Å². The number of benzene rings is 3. The Morgan fingerprint density at radius 3 is 1.79 bits per heavy atom. The van der Waals surface area contributed by atoms with Gasteiger partial charge in [0.25, 0.3) is 0 Å². The third-order valence-electron chi connectivity index (χ3n) is 5.71. The van der Waals surface area contributed by atoms with Crippen molar-refractivity contribution in [2.24, 2.45) is 0 Å². The molecular weight excluding hydrogens is 352 g/mol. The maximum absolute atomic E-state index is 3.65. The number of hydrazine groups is 1. The molecule has 29 heavy (non-hydrogen) atoms. The Bertz CT molecular complexity index is 967. The highest BCUT2D eigenvalue weighted by molar-refractivity contribution is 5.72. The highest BCUT2D eigenvalue weighted by Crippen LogP contribution is 2.36. The van der Waals surface area contributed by atoms with Crippen molar-refractivity contribution in [2.75, 3.05) is 5.01 Å². The Hall–Kier alpha value is -3.00. The Kier molecular flexibility index (Phi) is 5.44. The van der Waals surface area contributed by atoms with Gasteiger partial charge in [0.2, 0.25) is 0 Å². The third kappa shape index (κ3) is 4.07. The van der Waals surface area contributed by atoms with Gasteiger partial charge in [0.05, 0.1) is 17.4 Å². The summed E-state index contributed by atoms with van der Waals surface area (Å²) in [6.07, 6.45) is 2.33. The van der Waals surface area contributed by atoms with E-state index < -0.39 is 0 Å². The average molecular weight is 383 g/mol. The Morgan fingerprint density at radius 2 is 1.24 bits per heavy atom. The molecule has 1 N–H and O–H groups in total. The van der Waals surface area contributed by atoms with Crippen LogP contribution in [0.3, 0.4) is 0 Å². The number of nitrogens with zero attached hydrogens (tertiary/aromatic N) is 1. The number of anilines is 1. The van der Waals surface area contributed by atoms with Gasteiger partial charge in [0.1, 0.15) is 0 Å². The Balaban J connectivity index is 1.70. The summed E-state index contributed by atoms with van der Waals surface area (Å²) in [5.74, 6) is 1.08. The molecule has 1 aliphatic rings. The molecule has 1 heterocycles. The van der Waals surface area contributed by atoms with E-state index in [2.05, 4.69) is 123 Å². The molecule has 0 bridgehead atoms. The minimum absolute atomic E-state index is 0.149. The van der Waals surface area contributed by atoms with Crippen LogP contribution in [0.25, 0.3) is 5.70 Å². The van der Waals surface area contributed by atoms with Crippen LogP contribution in [-0.4, -0.2) is 0 Å². The molecule has 3 aromatic rings. The number of nitrogens with one attached hydrogen (secondary N) is 1. The lowest BCUT2D eigenvalue weighted by Gasteiger charge is -2.28. The minimum Gasteiger partial charge on any atom is -0.297 e. The maximum atomic E-state index is 3.65. The number of rotatable bonds is 5. The lowest BCUT2D eigenvalue weighted by molar-refractivity contribution is 0.722. The van der Waals surface area contributed by atoms with Gasteiger partial charge in [-0.25, -0.2) is 0 Å². The summed E-state index contributed by atoms with van der Waals surface area (Å²) < 4.78 is 0. The van der Waals surface area contributed by atoms with Crippen LogP contribution in [0, 0.1) is 0 Å². The molecule has 148 valence electrons. The number of hydrogen-bond acceptors (Lipinski definition) is 2. The maximum Gasteiger partial charge on any atom is 0.0958 e. The SMILES string of the molecule is CC(C)c1ccc(C2C=C(c3ccccc3)NN2c2ccc(C(C)C)cc2)cc1. The predicted molar refractivity (Wildman–Crippen MR) is 124 cm³/mol. The van der Waals surface area contributed by atoms with Gasteiger partial charge in [-0.05, 0) is 52.3 Å². The largest absolute Gasteiger partial charge is 0.297 e. The molecule has 2 nitrogen and oxygen atoms in total. The highest BCUT2D eigenvalue weighted by Gasteiger charge is 2.27. The molecule has 3 aromatic carbocycles. The smallest absolute Gasteiger partial charge is 0.0958 e. The second-order valence-corrected chi connectivity index (χ2v) is 8.44. The standard InChI is InChI=1S/C27H30N2/c1-19(2)21-10-12-24(13-11-21)27-18-26(23-8-6-5-7-9-23)28-29(27)25-16-14-22(15-17-25)20(3)4/h5-20,27-28H,1-4H3. The molecule has 1 unspecified atom stereocenters. The molecule has 0 saturated heterocycles. The molecule has 0 spiro atoms. The van der Waals surface area contributed by atoms with Crippen LogP contribution in [-0.2, 0) is 0 Å². The summed E-state index contributed by atoms with van der Waals surface area (Å²) in [6.45, 7) is 8.94. The van der Waals surface area contributed by atoms with Gasteiger partial charge < -0.3 is 0 Å². The van der Waals surface area contributed by atoms with Gasteiger partial charge in [0.15, 0.2) is 0 Å². The molecule has 0 amide bonds. The summed E-state index contributed by atoms with van der Waals surface area (Å²) in [6, 6.07) is 28.7. The highest BCUT2D eigenvalue weighted by atomic mass is 15.5. The van der Waals surface area contributed by atoms with Crippen molar-refractivity contribution < 1.29 is 0 Å². The van der Waals surface area contributed by atoms with Crippen molar-refractivity contribution in [3.63, 3.8) is 0 Å². The molecule has 1 atom stereocenters. The zero-order valence-electron chi connectivity index (χ0n) is 17.8. The lowest BCUT2D eigenvalue weighted by atomic mass is 9.98. The summed E-state index contributed by atoms with van der Waals surface area (Å²) in [4.78, 5) is 0. The molecule has 0 aliphatic carbocycles. The molecule has 4 rings (SSSR count). The average Bonchev–Trinajstić information content (AvgIpc) is 3.20. The molecule has 0 saturated carbocycles. The zero-order valence-corrected chi connectivity index (χ0v) is 17.8. The first-order valence-electron chi connectivity index (χ1n) is 10.6. The Labute approximate surface area is 174 Å². The van der Waals surface area contributed by atoms with E-state index >= 15 is 0 Å². The fourth-order valence-corrected chi connectivity index (χ4v) is 3.82. The van der Waals surface area contributed by atoms with E-state index in [1.165, 1.54) is 27.9 Å². The zero-order chi connectivity index (χ0) is 20.4. The van der Waals surface area contributed by atoms with Gasteiger partial charge in [-0.3, -0.25) is 10.4 Å². The predicted octanol–water partition coefficient (Wildman–Crippen LogP) is 7.04. The minimum atomic E-state index is 0.149. The van der Waals surface area contributed by atoms with E-state index in [9.17, 15) is 0 Å². The van der Waals surface area contributed by atoms with Crippen LogP contribution in [0.2, 0.25) is 0 Å². The fraction of sp³-hybridized carbons (Fsp3) is 0.259. The first kappa shape index (κ1) is 19.3. The Morgan fingerprint density at radius 1 is 0.690 bits per heavy atom. The van der Waals surface area contributed by atoms with Crippen molar-refractivity contribution in [1.82, 2.24) is 5.43 Å². The third-order valence-corrected chi connectivity index (χ3v) is 5.71. The van der Waals surface area contributed by atoms with Crippen LogP contribution >= 0.6 is 0 Å². The molecule has 0 radical (unpaired) electrons. The monoisotopic (exact) mass is 382 g/mol. The van der Waals surface area contributed by atoms with Crippen molar-refractivity contribution in [2.45, 2.75) is 45.6 Å². The first-order chi connectivity index (χ1) is 14.0. The van der Waals surface area contributed by atoms with Gasteiger partial charge in [0, 0.05) is 0 Å². The van der Waals surface area contributed by atoms with Crippen molar-refractivity contribution in [1.29, 1.82) is 0 Å². The van der Waals surface area contributed by atoms with Crippen LogP contribution < -0.4 is 10.4 Å². The van der Waals surface area contributed by atoms with Crippen LogP contribution in [0.4, 0.5) is 5.69 Å². The van der Waals surface area contributed by atoms with Gasteiger partial charge >= 0.3 is 0 Å². The quantitative estimate of drug-likeness (QED) is 0.509. The van der Waals surface area contributed by atoms with Crippen molar-refractivity contribution in [3.8, 4) is 0 Å². The van der Waals surface area contributed by atoms with E-state index in [4.69, 9.17) is 0 Å². The first-order valence-corrected chi connectivity index (χ1v) is 10.6. The molecular formula is C27H30N2. The summed E-state index contributed by atoms with van der Waals surface area (Å²) in [7, 11) is 0. The second kappa shape index (κ2) is 8.16. The normalized spacial score (nSPS) is 16.3. The van der Waals surface area contributed by atoms with Gasteiger partial charge in [-0.1, -0.05) is 94.4 Å². The van der Waals surface area contributed by atoms with E-state index in [1.54, 1.807) is 0 Å². The van der Waals surface area contributed by atoms with E-state index in [-0.39, 0.29) is 6.04 Å². The molecule has 0 fully saturated rings.